The van der Waals surface area contributed by atoms with E-state index in [9.17, 15) is 19.6 Å². The minimum atomic E-state index is -0.737. The zero-order valence-electron chi connectivity index (χ0n) is 19.5. The van der Waals surface area contributed by atoms with Gasteiger partial charge in [-0.1, -0.05) is 12.1 Å². The van der Waals surface area contributed by atoms with Crippen molar-refractivity contribution in [2.75, 3.05) is 33.7 Å². The first-order chi connectivity index (χ1) is 15.7. The summed E-state index contributed by atoms with van der Waals surface area (Å²) in [6.45, 7) is 3.58. The third kappa shape index (κ3) is 4.21. The lowest BCUT2D eigenvalue weighted by Gasteiger charge is -2.38. The van der Waals surface area contributed by atoms with E-state index < -0.39 is 12.1 Å². The highest BCUT2D eigenvalue weighted by molar-refractivity contribution is 5.94. The third-order valence-corrected chi connectivity index (χ3v) is 7.21. The summed E-state index contributed by atoms with van der Waals surface area (Å²) in [5, 5.41) is 9.25. The number of carbonyl (C=O) groups is 3. The molecule has 3 saturated heterocycles. The number of nitrogens with two attached hydrogens (primary N) is 1. The number of benzene rings is 1. The number of nitrogens with zero attached hydrogens (tertiary/aromatic N) is 5. The average Bonchev–Trinajstić information content (AvgIpc) is 3.52. The Labute approximate surface area is 194 Å². The Bertz CT molecular complexity index is 971. The lowest BCUT2D eigenvalue weighted by Crippen LogP contribution is -2.56. The predicted molar refractivity (Wildman–Crippen MR) is 122 cm³/mol. The number of hydrogen-bond donors (Lipinski definition) is 1. The van der Waals surface area contributed by atoms with E-state index in [1.54, 1.807) is 31.1 Å². The number of rotatable bonds is 6. The van der Waals surface area contributed by atoms with Crippen LogP contribution in [0, 0.1) is 11.3 Å². The van der Waals surface area contributed by atoms with Crippen molar-refractivity contribution in [2.24, 2.45) is 5.73 Å². The molecular weight excluding hydrogens is 420 g/mol. The van der Waals surface area contributed by atoms with Gasteiger partial charge in [0.25, 0.3) is 5.91 Å². The molecule has 0 spiro atoms. The van der Waals surface area contributed by atoms with Crippen molar-refractivity contribution in [3.8, 4) is 6.07 Å². The molecule has 1 aromatic carbocycles. The Morgan fingerprint density at radius 2 is 1.97 bits per heavy atom. The Morgan fingerprint density at radius 3 is 2.58 bits per heavy atom. The van der Waals surface area contributed by atoms with E-state index >= 15 is 0 Å². The minimum absolute atomic E-state index is 0.0537. The molecule has 3 amide bonds. The molecule has 0 radical (unpaired) electrons. The molecule has 0 saturated carbocycles. The maximum Gasteiger partial charge on any atom is 0.253 e. The standard InChI is InChI=1S/C24H32N6O3/c1-15(16-6-8-17(9-7-16)22(31)27(2)3)30-19-11-21(24(30)33)28(13-19)14-20(26)23(32)29-10-4-5-18(29)12-25/h6-9,15,18-21H,4-5,10-11,13-14,26H2,1-3H3/t15-,18+,19?,20+,21-/m1/s1. The number of nitriles is 1. The highest BCUT2D eigenvalue weighted by Gasteiger charge is 2.51. The number of hydrogen-bond acceptors (Lipinski definition) is 6. The molecule has 176 valence electrons. The molecule has 9 nitrogen and oxygen atoms in total. The topological polar surface area (TPSA) is 114 Å². The predicted octanol–water partition coefficient (Wildman–Crippen LogP) is 0.576. The summed E-state index contributed by atoms with van der Waals surface area (Å²) >= 11 is 0. The van der Waals surface area contributed by atoms with Gasteiger partial charge in [-0.25, -0.2) is 0 Å². The molecule has 5 atom stereocenters. The first-order valence-corrected chi connectivity index (χ1v) is 11.6. The molecule has 0 aliphatic carbocycles. The number of carbonyl (C=O) groups excluding carboxylic acids is 3. The van der Waals surface area contributed by atoms with E-state index in [-0.39, 0.29) is 35.8 Å². The molecule has 9 heteroatoms. The fraction of sp³-hybridized carbons (Fsp3) is 0.583. The average molecular weight is 453 g/mol. The molecule has 3 aliphatic rings. The van der Waals surface area contributed by atoms with Crippen molar-refractivity contribution in [2.45, 2.75) is 56.4 Å². The largest absolute Gasteiger partial charge is 0.345 e. The van der Waals surface area contributed by atoms with Gasteiger partial charge >= 0.3 is 0 Å². The molecule has 3 aliphatic heterocycles. The molecule has 4 rings (SSSR count). The Morgan fingerprint density at radius 1 is 1.27 bits per heavy atom. The molecule has 1 unspecified atom stereocenters. The number of amides is 3. The van der Waals surface area contributed by atoms with Gasteiger partial charge in [-0.3, -0.25) is 19.3 Å². The molecule has 2 N–H and O–H groups in total. The maximum atomic E-state index is 13.2. The summed E-state index contributed by atoms with van der Waals surface area (Å²) in [4.78, 5) is 45.2. The Hall–Kier alpha value is -2.96. The van der Waals surface area contributed by atoms with E-state index in [4.69, 9.17) is 5.73 Å². The molecule has 3 fully saturated rings. The molecule has 2 bridgehead atoms. The van der Waals surface area contributed by atoms with Crippen molar-refractivity contribution in [3.63, 3.8) is 0 Å². The number of fused-ring (bicyclic) bond motifs is 2. The van der Waals surface area contributed by atoms with E-state index in [0.717, 1.165) is 18.4 Å². The van der Waals surface area contributed by atoms with Crippen LogP contribution in [0.2, 0.25) is 0 Å². The van der Waals surface area contributed by atoms with Crippen LogP contribution >= 0.6 is 0 Å². The SMILES string of the molecule is C[C@H](c1ccc(C(=O)N(C)C)cc1)N1C(=O)[C@H]2CC1CN2C[C@H](N)C(=O)N1CCC[C@H]1C#N. The molecule has 1 aromatic rings. The van der Waals surface area contributed by atoms with Crippen molar-refractivity contribution in [3.05, 3.63) is 35.4 Å². The van der Waals surface area contributed by atoms with Gasteiger partial charge in [0, 0.05) is 45.3 Å². The number of likely N-dealkylation sites (tertiary alicyclic amines) is 3. The monoisotopic (exact) mass is 452 g/mol. The van der Waals surface area contributed by atoms with E-state index in [2.05, 4.69) is 6.07 Å². The summed E-state index contributed by atoms with van der Waals surface area (Å²) in [5.74, 6) is -0.197. The van der Waals surface area contributed by atoms with Crippen LogP contribution in [0.4, 0.5) is 0 Å². The van der Waals surface area contributed by atoms with Crippen LogP contribution in [-0.4, -0.2) is 95.2 Å². The highest BCUT2D eigenvalue weighted by atomic mass is 16.2. The highest BCUT2D eigenvalue weighted by Crippen LogP contribution is 2.38. The lowest BCUT2D eigenvalue weighted by atomic mass is 10.0. The second-order valence-corrected chi connectivity index (χ2v) is 9.53. The smallest absolute Gasteiger partial charge is 0.253 e. The van der Waals surface area contributed by atoms with Crippen LogP contribution in [0.25, 0.3) is 0 Å². The van der Waals surface area contributed by atoms with Gasteiger partial charge in [-0.05, 0) is 43.9 Å². The summed E-state index contributed by atoms with van der Waals surface area (Å²) in [5.41, 5.74) is 7.82. The summed E-state index contributed by atoms with van der Waals surface area (Å²) in [6, 6.07) is 8.18. The van der Waals surface area contributed by atoms with Gasteiger partial charge in [-0.2, -0.15) is 5.26 Å². The zero-order chi connectivity index (χ0) is 23.9. The van der Waals surface area contributed by atoms with Crippen LogP contribution in [-0.2, 0) is 9.59 Å². The Balaban J connectivity index is 1.38. The quantitative estimate of drug-likeness (QED) is 0.675. The molecule has 0 aromatic heterocycles. The van der Waals surface area contributed by atoms with Gasteiger partial charge in [0.15, 0.2) is 0 Å². The van der Waals surface area contributed by atoms with E-state index in [0.29, 0.717) is 31.6 Å². The van der Waals surface area contributed by atoms with Crippen molar-refractivity contribution in [1.82, 2.24) is 19.6 Å². The lowest BCUT2D eigenvalue weighted by molar-refractivity contribution is -0.140. The van der Waals surface area contributed by atoms with Crippen LogP contribution in [0.1, 0.15) is 48.1 Å². The van der Waals surface area contributed by atoms with Gasteiger partial charge < -0.3 is 20.4 Å². The second-order valence-electron chi connectivity index (χ2n) is 9.53. The Kier molecular flexibility index (Phi) is 6.41. The summed E-state index contributed by atoms with van der Waals surface area (Å²) in [6.07, 6.45) is 2.24. The van der Waals surface area contributed by atoms with Crippen molar-refractivity contribution in [1.29, 1.82) is 5.26 Å². The van der Waals surface area contributed by atoms with Crippen LogP contribution in [0.15, 0.2) is 24.3 Å². The van der Waals surface area contributed by atoms with Crippen molar-refractivity contribution >= 4 is 17.7 Å². The first-order valence-electron chi connectivity index (χ1n) is 11.6. The van der Waals surface area contributed by atoms with Crippen LogP contribution in [0.5, 0.6) is 0 Å². The summed E-state index contributed by atoms with van der Waals surface area (Å²) in [7, 11) is 3.44. The van der Waals surface area contributed by atoms with Crippen LogP contribution < -0.4 is 5.73 Å². The molecular formula is C24H32N6O3. The second kappa shape index (κ2) is 9.12. The van der Waals surface area contributed by atoms with Crippen molar-refractivity contribution < 1.29 is 14.4 Å². The fourth-order valence-electron chi connectivity index (χ4n) is 5.43. The molecule has 33 heavy (non-hydrogen) atoms. The van der Waals surface area contributed by atoms with E-state index in [1.807, 2.05) is 28.9 Å². The van der Waals surface area contributed by atoms with E-state index in [1.165, 1.54) is 4.90 Å². The van der Waals surface area contributed by atoms with Gasteiger partial charge in [0.1, 0.15) is 6.04 Å². The normalized spacial score (nSPS) is 26.4. The van der Waals surface area contributed by atoms with Gasteiger partial charge in [-0.15, -0.1) is 0 Å². The van der Waals surface area contributed by atoms with Gasteiger partial charge in [0.05, 0.1) is 24.2 Å². The first kappa shape index (κ1) is 23.2. The van der Waals surface area contributed by atoms with Gasteiger partial charge in [0.2, 0.25) is 11.8 Å². The molecule has 3 heterocycles. The fourth-order valence-corrected chi connectivity index (χ4v) is 5.43. The number of piperazine rings is 1. The minimum Gasteiger partial charge on any atom is -0.345 e. The van der Waals surface area contributed by atoms with Crippen LogP contribution in [0.3, 0.4) is 0 Å². The maximum absolute atomic E-state index is 13.2. The third-order valence-electron chi connectivity index (χ3n) is 7.21. The zero-order valence-corrected chi connectivity index (χ0v) is 19.5. The summed E-state index contributed by atoms with van der Waals surface area (Å²) < 4.78 is 0.